The van der Waals surface area contributed by atoms with E-state index in [1.165, 1.54) is 0 Å². The number of piperidine rings is 2. The largest absolute Gasteiger partial charge is 0.454 e. The van der Waals surface area contributed by atoms with Crippen LogP contribution in [-0.2, 0) is 21.4 Å². The van der Waals surface area contributed by atoms with Gasteiger partial charge in [-0.1, -0.05) is 12.1 Å². The number of hydrogen-bond donors (Lipinski definition) is 3. The number of amides is 4. The van der Waals surface area contributed by atoms with Crippen molar-refractivity contribution < 1.29 is 23.9 Å². The molecule has 2 atom stereocenters. The van der Waals surface area contributed by atoms with E-state index in [0.29, 0.717) is 57.9 Å². The van der Waals surface area contributed by atoms with E-state index in [4.69, 9.17) is 4.74 Å². The summed E-state index contributed by atoms with van der Waals surface area (Å²) in [5.41, 5.74) is 5.35. The molecule has 1 spiro atoms. The molecule has 3 aromatic heterocycles. The Morgan fingerprint density at radius 3 is 2.60 bits per heavy atom. The second kappa shape index (κ2) is 14.9. The lowest BCUT2D eigenvalue weighted by atomic mass is 9.79. The molecule has 14 nitrogen and oxygen atoms in total. The van der Waals surface area contributed by atoms with Crippen LogP contribution in [0.15, 0.2) is 65.4 Å². The molecule has 3 aliphatic rings. The van der Waals surface area contributed by atoms with Crippen molar-refractivity contribution >= 4 is 56.4 Å². The number of likely N-dealkylation sites (tertiary alicyclic amines) is 1. The molecule has 0 radical (unpaired) electrons. The SMILES string of the molecule is Cc1nn(C)cc1-c1nc2ncc(Br)c(Oc3ccc(C(=O)NCCC(=O)N4CCCC5(CCN(c6ccc([C@@H]7CCC(=O)NC7=O)cc6)C5)C4)cc3)c2[nH]1. The second-order valence-corrected chi connectivity index (χ2v) is 15.7. The molecule has 1 unspecified atom stereocenters. The molecule has 0 aliphatic carbocycles. The fraction of sp³-hybridized carbons (Fsp3) is 0.375. The number of benzene rings is 2. The molecule has 3 N–H and O–H groups in total. The average Bonchev–Trinajstić information content (AvgIpc) is 3.89. The van der Waals surface area contributed by atoms with Crippen molar-refractivity contribution in [2.75, 3.05) is 37.6 Å². The number of imidazole rings is 1. The van der Waals surface area contributed by atoms with Gasteiger partial charge >= 0.3 is 0 Å². The molecule has 55 heavy (non-hydrogen) atoms. The lowest BCUT2D eigenvalue weighted by molar-refractivity contribution is -0.135. The van der Waals surface area contributed by atoms with Crippen molar-refractivity contribution in [2.45, 2.75) is 51.4 Å². The standard InChI is InChI=1S/C40H42BrN9O5/c1-24-30(21-48(2)47-24)36-45-34-35(31(41)20-43-37(34)46-36)55-28-10-6-26(7-11-28)38(53)42-17-14-33(52)50-18-3-15-40(23-50)16-19-49(22-40)27-8-4-25(5-9-27)29-12-13-32(51)44-39(29)54/h4-11,20-21,29H,3,12-19,22-23H2,1-2H3,(H,42,53)(H,43,45,46)(H,44,51,54)/t29-,40?/m0/s1. The first kappa shape index (κ1) is 36.4. The molecule has 3 aliphatic heterocycles. The third-order valence-corrected chi connectivity index (χ3v) is 11.6. The Morgan fingerprint density at radius 2 is 1.85 bits per heavy atom. The van der Waals surface area contributed by atoms with E-state index in [9.17, 15) is 19.2 Å². The number of aromatic nitrogens is 5. The first-order valence-corrected chi connectivity index (χ1v) is 19.4. The Bertz CT molecular complexity index is 2290. The number of fused-ring (bicyclic) bond motifs is 1. The minimum atomic E-state index is -0.298. The predicted octanol–water partition coefficient (Wildman–Crippen LogP) is 5.38. The third-order valence-electron chi connectivity index (χ3n) is 11.0. The van der Waals surface area contributed by atoms with Crippen LogP contribution in [0.5, 0.6) is 11.5 Å². The Labute approximate surface area is 326 Å². The molecular formula is C40H42BrN9O5. The average molecular weight is 809 g/mol. The van der Waals surface area contributed by atoms with Crippen LogP contribution in [0.1, 0.15) is 66.1 Å². The number of anilines is 1. The molecule has 4 amide bonds. The van der Waals surface area contributed by atoms with Crippen molar-refractivity contribution in [2.24, 2.45) is 12.5 Å². The van der Waals surface area contributed by atoms with Crippen molar-refractivity contribution in [3.8, 4) is 22.9 Å². The zero-order chi connectivity index (χ0) is 38.3. The predicted molar refractivity (Wildman–Crippen MR) is 209 cm³/mol. The van der Waals surface area contributed by atoms with Crippen LogP contribution in [0.25, 0.3) is 22.6 Å². The molecule has 284 valence electrons. The summed E-state index contributed by atoms with van der Waals surface area (Å²) in [6.45, 7) is 5.35. The molecule has 6 heterocycles. The molecule has 3 saturated heterocycles. The number of pyridine rings is 1. The van der Waals surface area contributed by atoms with Crippen molar-refractivity contribution in [1.29, 1.82) is 0 Å². The maximum atomic E-state index is 13.4. The van der Waals surface area contributed by atoms with Crippen LogP contribution in [-0.4, -0.2) is 86.0 Å². The highest BCUT2D eigenvalue weighted by molar-refractivity contribution is 9.10. The zero-order valence-corrected chi connectivity index (χ0v) is 32.3. The minimum absolute atomic E-state index is 0.0268. The minimum Gasteiger partial charge on any atom is -0.454 e. The summed E-state index contributed by atoms with van der Waals surface area (Å²) in [5, 5.41) is 9.75. The van der Waals surface area contributed by atoms with Gasteiger partial charge in [-0.05, 0) is 90.5 Å². The van der Waals surface area contributed by atoms with E-state index < -0.39 is 0 Å². The topological polar surface area (TPSA) is 167 Å². The van der Waals surface area contributed by atoms with Crippen molar-refractivity contribution in [1.82, 2.24) is 40.3 Å². The molecule has 2 aromatic carbocycles. The Hall–Kier alpha value is -5.57. The lowest BCUT2D eigenvalue weighted by Crippen LogP contribution is -2.48. The van der Waals surface area contributed by atoms with Crippen LogP contribution < -0.4 is 20.3 Å². The first-order valence-electron chi connectivity index (χ1n) is 18.6. The van der Waals surface area contributed by atoms with Gasteiger partial charge in [0.05, 0.1) is 21.6 Å². The third kappa shape index (κ3) is 7.57. The number of carbonyl (C=O) groups is 4. The normalized spacial score (nSPS) is 19.9. The second-order valence-electron chi connectivity index (χ2n) is 14.8. The zero-order valence-electron chi connectivity index (χ0n) is 30.7. The number of H-pyrrole nitrogens is 1. The number of aromatic amines is 1. The summed E-state index contributed by atoms with van der Waals surface area (Å²) < 4.78 is 8.62. The van der Waals surface area contributed by atoms with Crippen LogP contribution in [0.4, 0.5) is 5.69 Å². The highest BCUT2D eigenvalue weighted by atomic mass is 79.9. The van der Waals surface area contributed by atoms with Gasteiger partial charge in [-0.3, -0.25) is 29.2 Å². The monoisotopic (exact) mass is 807 g/mol. The molecule has 8 rings (SSSR count). The summed E-state index contributed by atoms with van der Waals surface area (Å²) in [4.78, 5) is 67.0. The Kier molecular flexibility index (Phi) is 9.88. The van der Waals surface area contributed by atoms with E-state index in [2.05, 4.69) is 63.6 Å². The summed E-state index contributed by atoms with van der Waals surface area (Å²) in [5.74, 6) is 0.737. The van der Waals surface area contributed by atoms with E-state index in [1.807, 2.05) is 37.2 Å². The van der Waals surface area contributed by atoms with Gasteiger partial charge in [0.15, 0.2) is 11.4 Å². The van der Waals surface area contributed by atoms with Crippen LogP contribution in [0, 0.1) is 12.3 Å². The number of rotatable bonds is 9. The first-order chi connectivity index (χ1) is 26.5. The van der Waals surface area contributed by atoms with Gasteiger partial charge in [0.2, 0.25) is 17.7 Å². The van der Waals surface area contributed by atoms with Gasteiger partial charge in [-0.15, -0.1) is 0 Å². The fourth-order valence-corrected chi connectivity index (χ4v) is 8.53. The number of imide groups is 1. The summed E-state index contributed by atoms with van der Waals surface area (Å²) >= 11 is 3.54. The number of carbonyl (C=O) groups excluding carboxylic acids is 4. The smallest absolute Gasteiger partial charge is 0.251 e. The molecule has 15 heteroatoms. The van der Waals surface area contributed by atoms with Crippen molar-refractivity contribution in [3.05, 3.63) is 82.2 Å². The highest BCUT2D eigenvalue weighted by Gasteiger charge is 2.42. The summed E-state index contributed by atoms with van der Waals surface area (Å²) in [6.07, 6.45) is 7.66. The van der Waals surface area contributed by atoms with Gasteiger partial charge in [-0.25, -0.2) is 9.97 Å². The number of halogens is 1. The van der Waals surface area contributed by atoms with Crippen LogP contribution in [0.2, 0.25) is 0 Å². The molecule has 5 aromatic rings. The summed E-state index contributed by atoms with van der Waals surface area (Å²) in [6, 6.07) is 15.0. The molecular weight excluding hydrogens is 766 g/mol. The maximum Gasteiger partial charge on any atom is 0.251 e. The number of aryl methyl sites for hydroxylation is 2. The number of nitrogens with one attached hydrogen (secondary N) is 3. The quantitative estimate of drug-likeness (QED) is 0.166. The number of hydrogen-bond acceptors (Lipinski definition) is 9. The van der Waals surface area contributed by atoms with Crippen LogP contribution in [0.3, 0.4) is 0 Å². The number of nitrogens with zero attached hydrogens (tertiary/aromatic N) is 6. The fourth-order valence-electron chi connectivity index (χ4n) is 8.14. The lowest BCUT2D eigenvalue weighted by Gasteiger charge is -2.40. The van der Waals surface area contributed by atoms with Gasteiger partial charge < -0.3 is 24.8 Å². The maximum absolute atomic E-state index is 13.4. The van der Waals surface area contributed by atoms with Gasteiger partial charge in [0.25, 0.3) is 5.91 Å². The van der Waals surface area contributed by atoms with Crippen LogP contribution >= 0.6 is 15.9 Å². The molecule has 0 saturated carbocycles. The Morgan fingerprint density at radius 1 is 1.05 bits per heavy atom. The highest BCUT2D eigenvalue weighted by Crippen LogP contribution is 2.41. The van der Waals surface area contributed by atoms with E-state index in [0.717, 1.165) is 61.4 Å². The van der Waals surface area contributed by atoms with E-state index >= 15 is 0 Å². The number of ether oxygens (including phenoxy) is 1. The van der Waals surface area contributed by atoms with Crippen molar-refractivity contribution in [3.63, 3.8) is 0 Å². The Balaban J connectivity index is 0.827. The molecule has 0 bridgehead atoms. The van der Waals surface area contributed by atoms with Gasteiger partial charge in [0, 0.05) is 81.7 Å². The molecule has 3 fully saturated rings. The van der Waals surface area contributed by atoms with E-state index in [1.54, 1.807) is 35.1 Å². The van der Waals surface area contributed by atoms with Gasteiger partial charge in [0.1, 0.15) is 17.1 Å². The van der Waals surface area contributed by atoms with Gasteiger partial charge in [-0.2, -0.15) is 5.10 Å². The van der Waals surface area contributed by atoms with E-state index in [-0.39, 0.29) is 47.9 Å². The summed E-state index contributed by atoms with van der Waals surface area (Å²) in [7, 11) is 1.86.